The van der Waals surface area contributed by atoms with Gasteiger partial charge >= 0.3 is 0 Å². The molecule has 1 aliphatic heterocycles. The second kappa shape index (κ2) is 4.21. The third kappa shape index (κ3) is 2.30. The number of nitrogens with one attached hydrogen (secondary N) is 1. The molecule has 1 heterocycles. The van der Waals surface area contributed by atoms with Crippen LogP contribution in [0.5, 0.6) is 0 Å². The van der Waals surface area contributed by atoms with Gasteiger partial charge in [0.25, 0.3) is 0 Å². The highest BCUT2D eigenvalue weighted by molar-refractivity contribution is 6.07. The van der Waals surface area contributed by atoms with Gasteiger partial charge < -0.3 is 5.11 Å². The summed E-state index contributed by atoms with van der Waals surface area (Å²) in [6.07, 6.45) is 0.803. The second-order valence-corrected chi connectivity index (χ2v) is 3.10. The lowest BCUT2D eigenvalue weighted by Crippen LogP contribution is -2.13. The Bertz CT molecular complexity index is 208. The van der Waals surface area contributed by atoms with Gasteiger partial charge in [0, 0.05) is 12.1 Å². The summed E-state index contributed by atoms with van der Waals surface area (Å²) in [5.41, 5.74) is 3.98. The topological polar surface area (TPSA) is 57.0 Å². The smallest absolute Gasteiger partial charge is 0.122 e. The molecule has 2 N–H and O–H groups in total. The fourth-order valence-electron chi connectivity index (χ4n) is 0.996. The van der Waals surface area contributed by atoms with Gasteiger partial charge in [0.15, 0.2) is 0 Å². The van der Waals surface area contributed by atoms with Crippen LogP contribution in [0, 0.1) is 5.92 Å². The van der Waals surface area contributed by atoms with Gasteiger partial charge in [-0.1, -0.05) is 13.8 Å². The van der Waals surface area contributed by atoms with Crippen LogP contribution in [0.15, 0.2) is 10.1 Å². The van der Waals surface area contributed by atoms with Gasteiger partial charge in [-0.3, -0.25) is 10.4 Å². The predicted molar refractivity (Wildman–Crippen MR) is 49.4 cm³/mol. The van der Waals surface area contributed by atoms with Crippen molar-refractivity contribution >= 4 is 11.5 Å². The highest BCUT2D eigenvalue weighted by Gasteiger charge is 2.14. The molecular weight excluding hydrogens is 154 g/mol. The highest BCUT2D eigenvalue weighted by Crippen LogP contribution is 2.06. The van der Waals surface area contributed by atoms with Crippen molar-refractivity contribution < 1.29 is 5.11 Å². The van der Waals surface area contributed by atoms with Crippen molar-refractivity contribution in [2.75, 3.05) is 13.2 Å². The lowest BCUT2D eigenvalue weighted by atomic mass is 10.1. The summed E-state index contributed by atoms with van der Waals surface area (Å²) in [6.45, 7) is 4.77. The number of hydrazone groups is 1. The summed E-state index contributed by atoms with van der Waals surface area (Å²) in [7, 11) is 0. The predicted octanol–water partition coefficient (Wildman–Crippen LogP) is 0.382. The molecular formula is C8H15N3O. The molecule has 0 bridgehead atoms. The SMILES string of the molecule is CC(C)C1=NNC(=NCCO)C1. The van der Waals surface area contributed by atoms with Crippen molar-refractivity contribution in [3.05, 3.63) is 0 Å². The van der Waals surface area contributed by atoms with Gasteiger partial charge in [0.1, 0.15) is 5.84 Å². The van der Waals surface area contributed by atoms with Crippen LogP contribution in [-0.2, 0) is 0 Å². The molecule has 0 amide bonds. The zero-order valence-electron chi connectivity index (χ0n) is 7.54. The van der Waals surface area contributed by atoms with Gasteiger partial charge in [-0.2, -0.15) is 5.10 Å². The molecule has 1 aliphatic rings. The summed E-state index contributed by atoms with van der Waals surface area (Å²) < 4.78 is 0. The van der Waals surface area contributed by atoms with E-state index >= 15 is 0 Å². The van der Waals surface area contributed by atoms with Gasteiger partial charge in [-0.15, -0.1) is 0 Å². The van der Waals surface area contributed by atoms with Gasteiger partial charge in [-0.25, -0.2) is 0 Å². The Labute approximate surface area is 72.4 Å². The maximum Gasteiger partial charge on any atom is 0.122 e. The summed E-state index contributed by atoms with van der Waals surface area (Å²) in [6, 6.07) is 0. The molecule has 4 nitrogen and oxygen atoms in total. The van der Waals surface area contributed by atoms with Crippen LogP contribution in [0.25, 0.3) is 0 Å². The van der Waals surface area contributed by atoms with E-state index in [1.165, 1.54) is 0 Å². The molecule has 0 spiro atoms. The minimum Gasteiger partial charge on any atom is -0.394 e. The van der Waals surface area contributed by atoms with E-state index in [1.54, 1.807) is 0 Å². The van der Waals surface area contributed by atoms with Crippen LogP contribution >= 0.6 is 0 Å². The molecule has 0 aromatic carbocycles. The third-order valence-electron chi connectivity index (χ3n) is 1.75. The standard InChI is InChI=1S/C8H15N3O/c1-6(2)7-5-8(11-10-7)9-3-4-12/h6,12H,3-5H2,1-2H3,(H,9,11). The second-order valence-electron chi connectivity index (χ2n) is 3.10. The van der Waals surface area contributed by atoms with Gasteiger partial charge in [0.2, 0.25) is 0 Å². The molecule has 0 saturated carbocycles. The van der Waals surface area contributed by atoms with Crippen LogP contribution < -0.4 is 5.43 Å². The zero-order valence-corrected chi connectivity index (χ0v) is 7.54. The van der Waals surface area contributed by atoms with E-state index in [2.05, 4.69) is 29.4 Å². The monoisotopic (exact) mass is 169 g/mol. The van der Waals surface area contributed by atoms with Gasteiger partial charge in [-0.05, 0) is 5.92 Å². The first-order chi connectivity index (χ1) is 5.74. The number of rotatable bonds is 3. The van der Waals surface area contributed by atoms with E-state index in [9.17, 15) is 0 Å². The maximum atomic E-state index is 8.53. The quantitative estimate of drug-likeness (QED) is 0.641. The Morgan fingerprint density at radius 2 is 2.42 bits per heavy atom. The Hall–Kier alpha value is -0.900. The largest absolute Gasteiger partial charge is 0.394 e. The van der Waals surface area contributed by atoms with Crippen molar-refractivity contribution in [3.8, 4) is 0 Å². The van der Waals surface area contributed by atoms with Crippen LogP contribution in [0.4, 0.5) is 0 Å². The first-order valence-electron chi connectivity index (χ1n) is 4.20. The summed E-state index contributed by atoms with van der Waals surface area (Å²) >= 11 is 0. The van der Waals surface area contributed by atoms with Crippen molar-refractivity contribution in [3.63, 3.8) is 0 Å². The van der Waals surface area contributed by atoms with Crippen molar-refractivity contribution in [2.24, 2.45) is 16.0 Å². The van der Waals surface area contributed by atoms with E-state index in [0.29, 0.717) is 12.5 Å². The number of aliphatic hydroxyl groups excluding tert-OH is 1. The summed E-state index contributed by atoms with van der Waals surface area (Å²) in [4.78, 5) is 4.12. The first kappa shape index (κ1) is 9.19. The Morgan fingerprint density at radius 3 is 2.92 bits per heavy atom. The molecule has 0 radical (unpaired) electrons. The van der Waals surface area contributed by atoms with Gasteiger partial charge in [0.05, 0.1) is 13.2 Å². The maximum absolute atomic E-state index is 8.53. The van der Waals surface area contributed by atoms with Crippen LogP contribution in [0.3, 0.4) is 0 Å². The molecule has 4 heteroatoms. The third-order valence-corrected chi connectivity index (χ3v) is 1.75. The molecule has 0 unspecified atom stereocenters. The lowest BCUT2D eigenvalue weighted by Gasteiger charge is -1.99. The summed E-state index contributed by atoms with van der Waals surface area (Å²) in [5.74, 6) is 1.34. The van der Waals surface area contributed by atoms with E-state index in [-0.39, 0.29) is 6.61 Å². The first-order valence-corrected chi connectivity index (χ1v) is 4.20. The Morgan fingerprint density at radius 1 is 1.67 bits per heavy atom. The van der Waals surface area contributed by atoms with Crippen molar-refractivity contribution in [2.45, 2.75) is 20.3 Å². The molecule has 0 fully saturated rings. The molecule has 1 rings (SSSR count). The molecule has 0 atom stereocenters. The molecule has 0 aliphatic carbocycles. The molecule has 0 saturated heterocycles. The average molecular weight is 169 g/mol. The number of hydrogen-bond acceptors (Lipinski definition) is 3. The van der Waals surface area contributed by atoms with E-state index < -0.39 is 0 Å². The average Bonchev–Trinajstić information content (AvgIpc) is 2.48. The molecule has 0 aromatic heterocycles. The number of nitrogens with zero attached hydrogens (tertiary/aromatic N) is 2. The molecule has 12 heavy (non-hydrogen) atoms. The van der Waals surface area contributed by atoms with Crippen LogP contribution in [0.1, 0.15) is 20.3 Å². The Balaban J connectivity index is 2.41. The Kier molecular flexibility index (Phi) is 3.22. The number of hydrogen-bond donors (Lipinski definition) is 2. The number of aliphatic hydroxyl groups is 1. The lowest BCUT2D eigenvalue weighted by molar-refractivity contribution is 0.306. The fourth-order valence-corrected chi connectivity index (χ4v) is 0.996. The molecule has 0 aromatic rings. The van der Waals surface area contributed by atoms with Crippen LogP contribution in [-0.4, -0.2) is 29.8 Å². The van der Waals surface area contributed by atoms with Crippen LogP contribution in [0.2, 0.25) is 0 Å². The normalized spacial score (nSPS) is 20.0. The fraction of sp³-hybridized carbons (Fsp3) is 0.750. The molecule has 68 valence electrons. The van der Waals surface area contributed by atoms with Crippen molar-refractivity contribution in [1.82, 2.24) is 5.43 Å². The van der Waals surface area contributed by atoms with E-state index in [0.717, 1.165) is 18.0 Å². The highest BCUT2D eigenvalue weighted by atomic mass is 16.3. The number of amidine groups is 1. The number of aliphatic imine (C=N–C) groups is 1. The minimum absolute atomic E-state index is 0.0994. The van der Waals surface area contributed by atoms with Crippen molar-refractivity contribution in [1.29, 1.82) is 0 Å². The zero-order chi connectivity index (χ0) is 8.97. The summed E-state index contributed by atoms with van der Waals surface area (Å²) in [5, 5.41) is 12.7. The van der Waals surface area contributed by atoms with E-state index in [4.69, 9.17) is 5.11 Å². The minimum atomic E-state index is 0.0994. The van der Waals surface area contributed by atoms with E-state index in [1.807, 2.05) is 0 Å².